The molecule has 1 amide bonds. The molecule has 0 atom stereocenters. The number of ether oxygens (including phenoxy) is 2. The van der Waals surface area contributed by atoms with Gasteiger partial charge in [-0.1, -0.05) is 60.3 Å². The fourth-order valence-electron chi connectivity index (χ4n) is 3.73. The van der Waals surface area contributed by atoms with Gasteiger partial charge in [-0.25, -0.2) is 4.99 Å². The van der Waals surface area contributed by atoms with Crippen LogP contribution in [0.2, 0.25) is 0 Å². The molecule has 0 fully saturated rings. The third-order valence-corrected chi connectivity index (χ3v) is 5.66. The molecule has 0 aliphatic heterocycles. The molecule has 2 rings (SSSR count). The molecule has 0 radical (unpaired) electrons. The van der Waals surface area contributed by atoms with Gasteiger partial charge in [0.1, 0.15) is 17.2 Å². The van der Waals surface area contributed by atoms with Crippen molar-refractivity contribution in [3.8, 4) is 0 Å². The quantitative estimate of drug-likeness (QED) is 0.286. The standard InChI is InChI=1S/C28H38N2O4/c1-17-14-21(27(3,4)5)22(28(6,7)8)16-19(17)15-20-12-13-23(34-20)25(31)30-24(18(2)32-10)26(29-9)33-11/h12-14,16H,2,9,15H2,1,3-8,10-11H3,(H,30,31)/b26-24-. The van der Waals surface area contributed by atoms with E-state index in [9.17, 15) is 4.79 Å². The molecule has 184 valence electrons. The van der Waals surface area contributed by atoms with E-state index in [1.54, 1.807) is 6.07 Å². The Balaban J connectivity index is 2.36. The molecule has 1 aromatic carbocycles. The van der Waals surface area contributed by atoms with E-state index in [0.29, 0.717) is 12.2 Å². The summed E-state index contributed by atoms with van der Waals surface area (Å²) in [4.78, 5) is 16.6. The zero-order valence-corrected chi connectivity index (χ0v) is 22.0. The first-order valence-corrected chi connectivity index (χ1v) is 11.3. The molecule has 0 aliphatic carbocycles. The van der Waals surface area contributed by atoms with Crippen LogP contribution in [0.3, 0.4) is 0 Å². The lowest BCUT2D eigenvalue weighted by Crippen LogP contribution is -2.25. The summed E-state index contributed by atoms with van der Waals surface area (Å²) in [6, 6.07) is 8.03. The third kappa shape index (κ3) is 6.19. The van der Waals surface area contributed by atoms with Crippen LogP contribution in [0.5, 0.6) is 0 Å². The van der Waals surface area contributed by atoms with Gasteiger partial charge < -0.3 is 19.2 Å². The van der Waals surface area contributed by atoms with Crippen molar-refractivity contribution in [3.05, 3.63) is 82.0 Å². The molecule has 0 spiro atoms. The molecule has 34 heavy (non-hydrogen) atoms. The van der Waals surface area contributed by atoms with Gasteiger partial charge in [0.25, 0.3) is 5.91 Å². The number of amides is 1. The number of hydrogen-bond acceptors (Lipinski definition) is 5. The number of aryl methyl sites for hydroxylation is 1. The minimum Gasteiger partial charge on any atom is -0.495 e. The highest BCUT2D eigenvalue weighted by Gasteiger charge is 2.26. The Morgan fingerprint density at radius 2 is 1.62 bits per heavy atom. The molecule has 0 saturated heterocycles. The Morgan fingerprint density at radius 3 is 2.12 bits per heavy atom. The molecule has 2 aromatic rings. The van der Waals surface area contributed by atoms with Gasteiger partial charge >= 0.3 is 0 Å². The smallest absolute Gasteiger partial charge is 0.291 e. The van der Waals surface area contributed by atoms with Crippen molar-refractivity contribution in [1.29, 1.82) is 0 Å². The van der Waals surface area contributed by atoms with Crippen LogP contribution in [0.25, 0.3) is 0 Å². The summed E-state index contributed by atoms with van der Waals surface area (Å²) in [5.74, 6) is 0.676. The van der Waals surface area contributed by atoms with E-state index in [0.717, 1.165) is 0 Å². The van der Waals surface area contributed by atoms with E-state index in [4.69, 9.17) is 13.9 Å². The summed E-state index contributed by atoms with van der Waals surface area (Å²) in [6.45, 7) is 22.8. The van der Waals surface area contributed by atoms with Gasteiger partial charge in [0.05, 0.1) is 14.2 Å². The van der Waals surface area contributed by atoms with Crippen molar-refractivity contribution < 1.29 is 18.7 Å². The van der Waals surface area contributed by atoms with Crippen LogP contribution >= 0.6 is 0 Å². The first-order valence-electron chi connectivity index (χ1n) is 11.3. The molecule has 6 heteroatoms. The molecule has 0 saturated carbocycles. The van der Waals surface area contributed by atoms with Gasteiger partial charge in [0.15, 0.2) is 5.76 Å². The normalized spacial score (nSPS) is 12.6. The Bertz CT molecular complexity index is 1110. The van der Waals surface area contributed by atoms with Crippen LogP contribution in [0.15, 0.2) is 57.6 Å². The van der Waals surface area contributed by atoms with Gasteiger partial charge in [-0.15, -0.1) is 0 Å². The Labute approximate surface area is 203 Å². The average Bonchev–Trinajstić information content (AvgIpc) is 3.21. The predicted octanol–water partition coefficient (Wildman–Crippen LogP) is 6.18. The SMILES string of the molecule is C=N/C(OC)=C(/NC(=O)c1ccc(Cc2cc(C(C)(C)C)c(C(C)(C)C)cc2C)o1)C(=C)OC. The first-order chi connectivity index (χ1) is 15.7. The number of nitrogens with zero attached hydrogens (tertiary/aromatic N) is 1. The van der Waals surface area contributed by atoms with Crippen molar-refractivity contribution in [3.63, 3.8) is 0 Å². The molecular weight excluding hydrogens is 428 g/mol. The fourth-order valence-corrected chi connectivity index (χ4v) is 3.73. The van der Waals surface area contributed by atoms with E-state index in [-0.39, 0.29) is 33.9 Å². The molecule has 1 N–H and O–H groups in total. The second-order valence-electron chi connectivity index (χ2n) is 10.4. The molecule has 1 heterocycles. The van der Waals surface area contributed by atoms with Crippen molar-refractivity contribution in [1.82, 2.24) is 5.32 Å². The number of aliphatic imine (C=N–C) groups is 1. The lowest BCUT2D eigenvalue weighted by Gasteiger charge is -2.31. The van der Waals surface area contributed by atoms with Crippen molar-refractivity contribution in [2.45, 2.75) is 65.7 Å². The number of furan rings is 1. The molecule has 1 aromatic heterocycles. The molecule has 0 aliphatic rings. The van der Waals surface area contributed by atoms with Crippen molar-refractivity contribution >= 4 is 12.6 Å². The predicted molar refractivity (Wildman–Crippen MR) is 137 cm³/mol. The highest BCUT2D eigenvalue weighted by atomic mass is 16.5. The maximum atomic E-state index is 12.8. The Hall–Kier alpha value is -3.28. The summed E-state index contributed by atoms with van der Waals surface area (Å²) in [6.07, 6.45) is 0.581. The van der Waals surface area contributed by atoms with Crippen LogP contribution in [0.1, 0.15) is 80.1 Å². The molecule has 6 nitrogen and oxygen atoms in total. The third-order valence-electron chi connectivity index (χ3n) is 5.66. The highest BCUT2D eigenvalue weighted by Crippen LogP contribution is 2.36. The van der Waals surface area contributed by atoms with Crippen LogP contribution in [0.4, 0.5) is 0 Å². The zero-order chi connectivity index (χ0) is 25.8. The van der Waals surface area contributed by atoms with Gasteiger partial charge in [-0.2, -0.15) is 0 Å². The number of benzene rings is 1. The summed E-state index contributed by atoms with van der Waals surface area (Å²) < 4.78 is 16.2. The maximum Gasteiger partial charge on any atom is 0.291 e. The number of carbonyl (C=O) groups excluding carboxylic acids is 1. The number of rotatable bonds is 8. The van der Waals surface area contributed by atoms with Gasteiger partial charge in [-0.05, 0) is 58.9 Å². The largest absolute Gasteiger partial charge is 0.495 e. The topological polar surface area (TPSA) is 73.1 Å². The van der Waals surface area contributed by atoms with Gasteiger partial charge in [0.2, 0.25) is 5.88 Å². The number of hydrogen-bond donors (Lipinski definition) is 1. The van der Waals surface area contributed by atoms with Crippen molar-refractivity contribution in [2.24, 2.45) is 4.99 Å². The second kappa shape index (κ2) is 10.3. The number of methoxy groups -OCH3 is 2. The average molecular weight is 467 g/mol. The number of nitrogens with one attached hydrogen (secondary N) is 1. The summed E-state index contributed by atoms with van der Waals surface area (Å²) in [7, 11) is 2.86. The maximum absolute atomic E-state index is 12.8. The highest BCUT2D eigenvalue weighted by molar-refractivity contribution is 5.93. The molecule has 0 bridgehead atoms. The van der Waals surface area contributed by atoms with Crippen LogP contribution in [-0.2, 0) is 26.7 Å². The van der Waals surface area contributed by atoms with Gasteiger partial charge in [0, 0.05) is 6.42 Å². The van der Waals surface area contributed by atoms with E-state index in [2.05, 4.69) is 84.2 Å². The Morgan fingerprint density at radius 1 is 1.03 bits per heavy atom. The van der Waals surface area contributed by atoms with E-state index in [1.807, 2.05) is 6.07 Å². The number of carbonyl (C=O) groups is 1. The first kappa shape index (κ1) is 27.0. The lowest BCUT2D eigenvalue weighted by atomic mass is 9.73. The Kier molecular flexibility index (Phi) is 8.19. The zero-order valence-electron chi connectivity index (χ0n) is 22.0. The van der Waals surface area contributed by atoms with E-state index < -0.39 is 5.91 Å². The van der Waals surface area contributed by atoms with Gasteiger partial charge in [-0.3, -0.25) is 4.79 Å². The summed E-state index contributed by atoms with van der Waals surface area (Å²) in [5, 5.41) is 2.69. The van der Waals surface area contributed by atoms with E-state index in [1.165, 1.54) is 36.5 Å². The minimum absolute atomic E-state index is 0.00397. The lowest BCUT2D eigenvalue weighted by molar-refractivity contribution is 0.0930. The minimum atomic E-state index is -0.465. The summed E-state index contributed by atoms with van der Waals surface area (Å²) >= 11 is 0. The van der Waals surface area contributed by atoms with Crippen molar-refractivity contribution in [2.75, 3.05) is 14.2 Å². The monoisotopic (exact) mass is 466 g/mol. The molecule has 0 unspecified atom stereocenters. The second-order valence-corrected chi connectivity index (χ2v) is 10.4. The van der Waals surface area contributed by atoms with E-state index >= 15 is 0 Å². The fraction of sp³-hybridized carbons (Fsp3) is 0.429. The molecular formula is C28H38N2O4. The summed E-state index contributed by atoms with van der Waals surface area (Å²) in [5.41, 5.74) is 5.27. The van der Waals surface area contributed by atoms with Crippen LogP contribution in [0, 0.1) is 6.92 Å². The van der Waals surface area contributed by atoms with Crippen LogP contribution in [-0.4, -0.2) is 26.8 Å². The van der Waals surface area contributed by atoms with Crippen LogP contribution < -0.4 is 5.32 Å².